The van der Waals surface area contributed by atoms with Crippen molar-refractivity contribution in [3.8, 4) is 0 Å². The Kier molecular flexibility index (Phi) is 56.0. The first-order chi connectivity index (χ1) is 33.0. The minimum Gasteiger partial charge on any atom is -0.466 e. The number of carbonyl (C=O) groups is 2. The van der Waals surface area contributed by atoms with E-state index in [1.54, 1.807) is 6.08 Å². The fourth-order valence-corrected chi connectivity index (χ4v) is 9.64. The third-order valence-electron chi connectivity index (χ3n) is 14.3. The van der Waals surface area contributed by atoms with E-state index in [0.717, 1.165) is 57.8 Å². The van der Waals surface area contributed by atoms with Gasteiger partial charge in [0, 0.05) is 12.8 Å². The van der Waals surface area contributed by atoms with Crippen LogP contribution in [0.1, 0.15) is 341 Å². The largest absolute Gasteiger partial charge is 0.466 e. The van der Waals surface area contributed by atoms with Crippen LogP contribution in [-0.4, -0.2) is 47.4 Å². The third kappa shape index (κ3) is 53.8. The Morgan fingerprint density at radius 3 is 1.01 bits per heavy atom. The number of ether oxygens (including phenoxy) is 1. The van der Waals surface area contributed by atoms with Crippen molar-refractivity contribution in [2.75, 3.05) is 13.2 Å². The van der Waals surface area contributed by atoms with Gasteiger partial charge in [0.2, 0.25) is 5.91 Å². The molecule has 0 aromatic rings. The number of amides is 1. The van der Waals surface area contributed by atoms with Crippen LogP contribution >= 0.6 is 0 Å². The third-order valence-corrected chi connectivity index (χ3v) is 14.3. The Morgan fingerprint density at radius 1 is 0.403 bits per heavy atom. The fourth-order valence-electron chi connectivity index (χ4n) is 9.64. The lowest BCUT2D eigenvalue weighted by molar-refractivity contribution is -0.143. The van der Waals surface area contributed by atoms with E-state index in [2.05, 4.69) is 19.2 Å². The molecule has 6 heteroatoms. The zero-order valence-corrected chi connectivity index (χ0v) is 45.4. The predicted molar refractivity (Wildman–Crippen MR) is 292 cm³/mol. The molecule has 0 saturated heterocycles. The van der Waals surface area contributed by atoms with Crippen molar-refractivity contribution in [3.05, 3.63) is 12.2 Å². The van der Waals surface area contributed by atoms with E-state index in [4.69, 9.17) is 4.74 Å². The molecule has 0 rings (SSSR count). The van der Waals surface area contributed by atoms with Crippen molar-refractivity contribution < 1.29 is 24.5 Å². The second kappa shape index (κ2) is 57.2. The normalized spacial score (nSPS) is 12.6. The minimum absolute atomic E-state index is 0.00292. The molecule has 2 unspecified atom stereocenters. The number of carbonyl (C=O) groups excluding carboxylic acids is 2. The fraction of sp³-hybridized carbons (Fsp3) is 0.934. The molecule has 0 saturated carbocycles. The molecular formula is C61H119NO5. The summed E-state index contributed by atoms with van der Waals surface area (Å²) in [5.74, 6) is -0.0796. The van der Waals surface area contributed by atoms with E-state index in [-0.39, 0.29) is 18.5 Å². The highest BCUT2D eigenvalue weighted by atomic mass is 16.5. The summed E-state index contributed by atoms with van der Waals surface area (Å²) in [5.41, 5.74) is 0. The molecule has 0 aliphatic heterocycles. The van der Waals surface area contributed by atoms with Gasteiger partial charge in [-0.3, -0.25) is 9.59 Å². The Bertz CT molecular complexity index is 1000. The molecule has 3 N–H and O–H groups in total. The summed E-state index contributed by atoms with van der Waals surface area (Å²) in [7, 11) is 0. The second-order valence-electron chi connectivity index (χ2n) is 21.0. The van der Waals surface area contributed by atoms with Crippen molar-refractivity contribution >= 4 is 11.9 Å². The molecule has 0 aromatic heterocycles. The summed E-state index contributed by atoms with van der Waals surface area (Å²) in [6.07, 6.45) is 68.1. The van der Waals surface area contributed by atoms with E-state index in [1.807, 2.05) is 6.08 Å². The minimum atomic E-state index is -0.853. The molecule has 0 radical (unpaired) electrons. The van der Waals surface area contributed by atoms with Gasteiger partial charge in [0.25, 0.3) is 0 Å². The van der Waals surface area contributed by atoms with Gasteiger partial charge in [0.15, 0.2) is 0 Å². The van der Waals surface area contributed by atoms with E-state index >= 15 is 0 Å². The average Bonchev–Trinajstić information content (AvgIpc) is 3.33. The number of hydrogen-bond donors (Lipinski definition) is 3. The Hall–Kier alpha value is -1.40. The lowest BCUT2D eigenvalue weighted by Crippen LogP contribution is -2.45. The van der Waals surface area contributed by atoms with Crippen LogP contribution in [0.5, 0.6) is 0 Å². The van der Waals surface area contributed by atoms with E-state index in [0.29, 0.717) is 19.4 Å². The van der Waals surface area contributed by atoms with Crippen LogP contribution in [0.15, 0.2) is 12.2 Å². The van der Waals surface area contributed by atoms with Crippen LogP contribution in [0.4, 0.5) is 0 Å². The van der Waals surface area contributed by atoms with Gasteiger partial charge in [-0.1, -0.05) is 309 Å². The maximum atomic E-state index is 12.5. The molecule has 1 amide bonds. The van der Waals surface area contributed by atoms with Gasteiger partial charge in [0.05, 0.1) is 25.4 Å². The topological polar surface area (TPSA) is 95.9 Å². The molecule has 67 heavy (non-hydrogen) atoms. The molecular weight excluding hydrogens is 827 g/mol. The van der Waals surface area contributed by atoms with E-state index in [1.165, 1.54) is 257 Å². The van der Waals surface area contributed by atoms with E-state index < -0.39 is 12.1 Å². The molecule has 0 aliphatic carbocycles. The van der Waals surface area contributed by atoms with Gasteiger partial charge in [0.1, 0.15) is 0 Å². The van der Waals surface area contributed by atoms with Crippen molar-refractivity contribution in [3.63, 3.8) is 0 Å². The smallest absolute Gasteiger partial charge is 0.305 e. The summed E-state index contributed by atoms with van der Waals surface area (Å²) in [5, 5.41) is 23.2. The van der Waals surface area contributed by atoms with Gasteiger partial charge < -0.3 is 20.3 Å². The first-order valence-electron chi connectivity index (χ1n) is 30.5. The van der Waals surface area contributed by atoms with Gasteiger partial charge in [-0.15, -0.1) is 0 Å². The van der Waals surface area contributed by atoms with E-state index in [9.17, 15) is 19.8 Å². The average molecular weight is 947 g/mol. The lowest BCUT2D eigenvalue weighted by atomic mass is 10.0. The Balaban J connectivity index is 3.46. The standard InChI is InChI=1S/C61H119NO5/c1-3-5-7-9-11-13-15-17-19-20-21-22-23-24-25-27-29-33-37-41-45-49-53-59(64)58(57-63)62-60(65)54-50-46-42-38-34-30-28-32-36-40-44-48-52-56-67-61(66)55-51-47-43-39-35-31-26-18-16-14-12-10-8-6-4-2/h49,53,58-59,63-64H,3-48,50-52,54-57H2,1-2H3,(H,62,65)/b53-49+. The molecule has 0 spiro atoms. The number of rotatable bonds is 57. The van der Waals surface area contributed by atoms with Crippen LogP contribution < -0.4 is 5.32 Å². The lowest BCUT2D eigenvalue weighted by Gasteiger charge is -2.20. The number of unbranched alkanes of at least 4 members (excludes halogenated alkanes) is 46. The molecule has 6 nitrogen and oxygen atoms in total. The molecule has 398 valence electrons. The first-order valence-corrected chi connectivity index (χ1v) is 30.5. The molecule has 0 aliphatic rings. The summed E-state index contributed by atoms with van der Waals surface area (Å²) >= 11 is 0. The number of aliphatic hydroxyl groups excluding tert-OH is 2. The van der Waals surface area contributed by atoms with Gasteiger partial charge in [-0.25, -0.2) is 0 Å². The number of esters is 1. The number of nitrogens with one attached hydrogen (secondary N) is 1. The van der Waals surface area contributed by atoms with Crippen LogP contribution in [-0.2, 0) is 14.3 Å². The molecule has 0 fully saturated rings. The van der Waals surface area contributed by atoms with Crippen molar-refractivity contribution in [1.29, 1.82) is 0 Å². The van der Waals surface area contributed by atoms with Crippen molar-refractivity contribution in [2.24, 2.45) is 0 Å². The summed E-state index contributed by atoms with van der Waals surface area (Å²) in [6.45, 7) is 4.91. The summed E-state index contributed by atoms with van der Waals surface area (Å²) in [6, 6.07) is -0.637. The predicted octanol–water partition coefficient (Wildman–Crippen LogP) is 18.9. The second-order valence-corrected chi connectivity index (χ2v) is 21.0. The van der Waals surface area contributed by atoms with Gasteiger partial charge >= 0.3 is 5.97 Å². The zero-order valence-electron chi connectivity index (χ0n) is 45.4. The highest BCUT2D eigenvalue weighted by molar-refractivity contribution is 5.76. The summed E-state index contributed by atoms with van der Waals surface area (Å²) < 4.78 is 5.48. The molecule has 2 atom stereocenters. The number of allylic oxidation sites excluding steroid dienone is 1. The highest BCUT2D eigenvalue weighted by Gasteiger charge is 2.18. The Labute approximate surface area is 419 Å². The van der Waals surface area contributed by atoms with Crippen LogP contribution in [0, 0.1) is 0 Å². The number of hydrogen-bond acceptors (Lipinski definition) is 5. The maximum absolute atomic E-state index is 12.5. The number of aliphatic hydroxyl groups is 2. The molecule has 0 aromatic carbocycles. The SMILES string of the molecule is CCCCCCCCCCCCCCCCCCCCCC/C=C/C(O)C(CO)NC(=O)CCCCCCCCCCCCCCCOC(=O)CCCCCCCCCCCCCCCCC. The Morgan fingerprint density at radius 2 is 0.687 bits per heavy atom. The zero-order chi connectivity index (χ0) is 48.6. The highest BCUT2D eigenvalue weighted by Crippen LogP contribution is 2.18. The quantitative estimate of drug-likeness (QED) is 0.0321. The van der Waals surface area contributed by atoms with Crippen molar-refractivity contribution in [1.82, 2.24) is 5.32 Å². The van der Waals surface area contributed by atoms with Gasteiger partial charge in [-0.2, -0.15) is 0 Å². The summed E-state index contributed by atoms with van der Waals surface area (Å²) in [4.78, 5) is 24.6. The first kappa shape index (κ1) is 65.6. The van der Waals surface area contributed by atoms with Crippen LogP contribution in [0.3, 0.4) is 0 Å². The molecule has 0 bridgehead atoms. The maximum Gasteiger partial charge on any atom is 0.305 e. The van der Waals surface area contributed by atoms with Gasteiger partial charge in [-0.05, 0) is 32.1 Å². The van der Waals surface area contributed by atoms with Crippen LogP contribution in [0.2, 0.25) is 0 Å². The van der Waals surface area contributed by atoms with Crippen molar-refractivity contribution in [2.45, 2.75) is 353 Å². The molecule has 0 heterocycles. The van der Waals surface area contributed by atoms with Crippen LogP contribution in [0.25, 0.3) is 0 Å². The monoisotopic (exact) mass is 946 g/mol.